The minimum absolute atomic E-state index is 0.874. The fourth-order valence-corrected chi connectivity index (χ4v) is 9.43. The monoisotopic (exact) mass is 716 g/mol. The Balaban J connectivity index is 1.12. The van der Waals surface area contributed by atoms with Gasteiger partial charge in [0.2, 0.25) is 0 Å². The van der Waals surface area contributed by atoms with Crippen molar-refractivity contribution in [2.45, 2.75) is 13.8 Å². The third-order valence-electron chi connectivity index (χ3n) is 12.1. The molecule has 0 radical (unpaired) electrons. The number of hydrogen-bond acceptors (Lipinski definition) is 2. The van der Waals surface area contributed by atoms with E-state index in [-0.39, 0.29) is 0 Å². The smallest absolute Gasteiger partial charge is 0.0417 e. The summed E-state index contributed by atoms with van der Waals surface area (Å²) in [6.07, 6.45) is 0. The molecule has 0 aliphatic rings. The number of hydrogen-bond donors (Lipinski definition) is 0. The zero-order chi connectivity index (χ0) is 37.3. The summed E-state index contributed by atoms with van der Waals surface area (Å²) in [5.74, 6) is 0. The van der Waals surface area contributed by atoms with E-state index in [1.807, 2.05) is 0 Å². The van der Waals surface area contributed by atoms with Gasteiger partial charge >= 0.3 is 0 Å². The summed E-state index contributed by atoms with van der Waals surface area (Å²) in [6, 6.07) is 67.9. The molecule has 0 aliphatic carbocycles. The quantitative estimate of drug-likeness (QED) is 0.125. The highest BCUT2D eigenvalue weighted by Gasteiger charge is 2.18. The first-order valence-electron chi connectivity index (χ1n) is 19.9. The van der Waals surface area contributed by atoms with Crippen molar-refractivity contribution in [3.05, 3.63) is 182 Å². The van der Waals surface area contributed by atoms with E-state index >= 15 is 0 Å². The summed E-state index contributed by atoms with van der Waals surface area (Å²) in [4.78, 5) is 4.86. The van der Waals surface area contributed by atoms with Gasteiger partial charge in [-0.25, -0.2) is 0 Å². The van der Waals surface area contributed by atoms with Gasteiger partial charge in [0, 0.05) is 35.8 Å². The van der Waals surface area contributed by atoms with Gasteiger partial charge in [-0.1, -0.05) is 121 Å². The molecule has 11 aromatic carbocycles. The Labute approximate surface area is 326 Å². The highest BCUT2D eigenvalue weighted by molar-refractivity contribution is 6.33. The Morgan fingerprint density at radius 2 is 0.536 bits per heavy atom. The van der Waals surface area contributed by atoms with Crippen LogP contribution in [0.4, 0.5) is 22.7 Å². The molecule has 11 rings (SSSR count). The molecule has 0 atom stereocenters. The molecule has 0 bridgehead atoms. The average Bonchev–Trinajstić information content (AvgIpc) is 3.26. The summed E-state index contributed by atoms with van der Waals surface area (Å²) < 4.78 is 0. The molecule has 266 valence electrons. The first kappa shape index (κ1) is 32.5. The number of rotatable bonds is 6. The summed E-state index contributed by atoms with van der Waals surface area (Å²) in [5, 5.41) is 20.5. The first-order chi connectivity index (χ1) is 27.7. The van der Waals surface area contributed by atoms with E-state index < -0.39 is 0 Å². The van der Waals surface area contributed by atoms with E-state index in [1.165, 1.54) is 109 Å². The third-order valence-corrected chi connectivity index (χ3v) is 12.1. The lowest BCUT2D eigenvalue weighted by Gasteiger charge is -2.25. The molecule has 0 N–H and O–H groups in total. The summed E-state index contributed by atoms with van der Waals surface area (Å²) in [5.41, 5.74) is 4.83. The molecule has 2 heteroatoms. The molecule has 0 fully saturated rings. The van der Waals surface area contributed by atoms with Crippen LogP contribution in [0.25, 0.3) is 86.2 Å². The van der Waals surface area contributed by atoms with Crippen LogP contribution in [0, 0.1) is 0 Å². The van der Waals surface area contributed by atoms with Gasteiger partial charge in [-0.3, -0.25) is 0 Å². The van der Waals surface area contributed by atoms with E-state index in [0.29, 0.717) is 0 Å². The number of fused-ring (bicyclic) bond motifs is 14. The molecule has 0 saturated carbocycles. The number of anilines is 4. The van der Waals surface area contributed by atoms with Crippen LogP contribution in [0.15, 0.2) is 182 Å². The zero-order valence-electron chi connectivity index (χ0n) is 31.6. The Hall–Kier alpha value is -6.90. The molecule has 0 aromatic heterocycles. The maximum Gasteiger partial charge on any atom is 0.0417 e. The number of benzene rings is 11. The fourth-order valence-electron chi connectivity index (χ4n) is 9.43. The first-order valence-corrected chi connectivity index (χ1v) is 19.9. The Bertz CT molecular complexity index is 3130. The normalized spacial score (nSPS) is 11.9. The Morgan fingerprint density at radius 3 is 0.911 bits per heavy atom. The molecule has 0 spiro atoms. The lowest BCUT2D eigenvalue weighted by atomic mass is 9.88. The van der Waals surface area contributed by atoms with Crippen LogP contribution in [0.2, 0.25) is 0 Å². The molecular weight excluding hydrogens is 677 g/mol. The molecule has 0 unspecified atom stereocenters. The van der Waals surface area contributed by atoms with Crippen LogP contribution in [0.3, 0.4) is 0 Å². The molecule has 0 heterocycles. The minimum Gasteiger partial charge on any atom is -0.342 e. The second-order valence-electron chi connectivity index (χ2n) is 15.0. The van der Waals surface area contributed by atoms with Crippen molar-refractivity contribution < 1.29 is 0 Å². The van der Waals surface area contributed by atoms with Crippen LogP contribution in [-0.4, -0.2) is 13.1 Å². The predicted molar refractivity (Wildman–Crippen MR) is 245 cm³/mol. The Morgan fingerprint density at radius 1 is 0.250 bits per heavy atom. The molecule has 11 aromatic rings. The van der Waals surface area contributed by atoms with Gasteiger partial charge in [-0.05, 0) is 161 Å². The SMILES string of the molecule is CCN(c1ccc2ccccc2c1)c1ccc2c(c1)c1ccccc1c1cc3c4ccc(N(CC)c5ccc6ccccc6c5)cc4c4ccccc4c3cc21. The van der Waals surface area contributed by atoms with Gasteiger partial charge in [0.25, 0.3) is 0 Å². The van der Waals surface area contributed by atoms with Crippen molar-refractivity contribution in [3.8, 4) is 0 Å². The van der Waals surface area contributed by atoms with Gasteiger partial charge in [0.15, 0.2) is 0 Å². The minimum atomic E-state index is 0.874. The summed E-state index contributed by atoms with van der Waals surface area (Å²) in [6.45, 7) is 6.23. The molecule has 0 saturated heterocycles. The average molecular weight is 717 g/mol. The molecule has 0 amide bonds. The summed E-state index contributed by atoms with van der Waals surface area (Å²) >= 11 is 0. The van der Waals surface area contributed by atoms with Crippen molar-refractivity contribution in [2.24, 2.45) is 0 Å². The van der Waals surface area contributed by atoms with E-state index in [1.54, 1.807) is 0 Å². The largest absolute Gasteiger partial charge is 0.342 e. The predicted octanol–water partition coefficient (Wildman–Crippen LogP) is 15.2. The zero-order valence-corrected chi connectivity index (χ0v) is 31.6. The highest BCUT2D eigenvalue weighted by Crippen LogP contribution is 2.44. The Kier molecular flexibility index (Phi) is 7.47. The summed E-state index contributed by atoms with van der Waals surface area (Å²) in [7, 11) is 0. The topological polar surface area (TPSA) is 6.48 Å². The van der Waals surface area contributed by atoms with Gasteiger partial charge in [-0.15, -0.1) is 0 Å². The lowest BCUT2D eigenvalue weighted by molar-refractivity contribution is 1.03. The maximum absolute atomic E-state index is 2.48. The van der Waals surface area contributed by atoms with Crippen LogP contribution < -0.4 is 9.80 Å². The van der Waals surface area contributed by atoms with Gasteiger partial charge in [0.1, 0.15) is 0 Å². The lowest BCUT2D eigenvalue weighted by Crippen LogP contribution is -2.15. The van der Waals surface area contributed by atoms with Gasteiger partial charge in [0.05, 0.1) is 0 Å². The highest BCUT2D eigenvalue weighted by atomic mass is 15.1. The van der Waals surface area contributed by atoms with Crippen molar-refractivity contribution >= 4 is 109 Å². The van der Waals surface area contributed by atoms with Gasteiger partial charge in [-0.2, -0.15) is 0 Å². The van der Waals surface area contributed by atoms with E-state index in [4.69, 9.17) is 0 Å². The van der Waals surface area contributed by atoms with Crippen LogP contribution >= 0.6 is 0 Å². The molecular formula is C54H40N2. The van der Waals surface area contributed by atoms with Gasteiger partial charge < -0.3 is 9.80 Å². The molecule has 2 nitrogen and oxygen atoms in total. The van der Waals surface area contributed by atoms with Crippen molar-refractivity contribution in [1.82, 2.24) is 0 Å². The molecule has 56 heavy (non-hydrogen) atoms. The van der Waals surface area contributed by atoms with Crippen LogP contribution in [0.5, 0.6) is 0 Å². The maximum atomic E-state index is 2.48. The van der Waals surface area contributed by atoms with E-state index in [9.17, 15) is 0 Å². The van der Waals surface area contributed by atoms with Crippen molar-refractivity contribution in [2.75, 3.05) is 22.9 Å². The van der Waals surface area contributed by atoms with E-state index in [0.717, 1.165) is 13.1 Å². The molecule has 0 aliphatic heterocycles. The third kappa shape index (κ3) is 5.03. The van der Waals surface area contributed by atoms with Crippen molar-refractivity contribution in [3.63, 3.8) is 0 Å². The van der Waals surface area contributed by atoms with Crippen LogP contribution in [-0.2, 0) is 0 Å². The second-order valence-corrected chi connectivity index (χ2v) is 15.0. The second kappa shape index (κ2) is 12.9. The van der Waals surface area contributed by atoms with E-state index in [2.05, 4.69) is 206 Å². The van der Waals surface area contributed by atoms with Crippen LogP contribution in [0.1, 0.15) is 13.8 Å². The fraction of sp³-hybridized carbons (Fsp3) is 0.0741. The number of nitrogens with zero attached hydrogens (tertiary/aromatic N) is 2. The standard InChI is InChI=1S/C54H40N2/c1-3-55(39-23-21-35-13-5-7-15-37(35)29-39)41-25-27-47-49(31-41)43-17-9-11-19-45(43)51-34-54-48-28-26-42(56(4-2)40-24-22-36-14-6-8-16-38(36)30-40)32-50(48)44-18-10-12-20-46(44)52(54)33-53(47)51/h5-34H,3-4H2,1-2H3. The van der Waals surface area contributed by atoms with Crippen molar-refractivity contribution in [1.29, 1.82) is 0 Å².